The molecule has 120 valence electrons. The molecule has 0 bridgehead atoms. The van der Waals surface area contributed by atoms with E-state index in [2.05, 4.69) is 5.32 Å². The topological polar surface area (TPSA) is 75.5 Å². The Balaban J connectivity index is 1.93. The molecule has 23 heavy (non-hydrogen) atoms. The Bertz CT molecular complexity index is 721. The second-order valence-electron chi connectivity index (χ2n) is 5.03. The van der Waals surface area contributed by atoms with Gasteiger partial charge in [-0.3, -0.25) is 10.1 Å². The van der Waals surface area contributed by atoms with E-state index in [4.69, 9.17) is 0 Å². The zero-order valence-corrected chi connectivity index (χ0v) is 12.5. The molecule has 2 amide bonds. The standard InChI is InChI=1S/C16H16FN3O3/c1-19(11-13-6-2-3-8-15(13)17)16(21)18-10-12-5-4-7-14(9-12)20(22)23/h2-9H,10-11H2,1H3,(H,18,21). The number of hydrogen-bond acceptors (Lipinski definition) is 3. The Morgan fingerprint density at radius 2 is 2.00 bits per heavy atom. The SMILES string of the molecule is CN(Cc1ccccc1F)C(=O)NCc1cccc([N+](=O)[O-])c1. The van der Waals surface area contributed by atoms with Gasteiger partial charge < -0.3 is 10.2 Å². The monoisotopic (exact) mass is 317 g/mol. The highest BCUT2D eigenvalue weighted by Crippen LogP contribution is 2.13. The molecule has 1 N–H and O–H groups in total. The quantitative estimate of drug-likeness (QED) is 0.680. The van der Waals surface area contributed by atoms with Crippen LogP contribution in [0.3, 0.4) is 0 Å². The first-order valence-electron chi connectivity index (χ1n) is 6.93. The Morgan fingerprint density at radius 3 is 2.70 bits per heavy atom. The van der Waals surface area contributed by atoms with Gasteiger partial charge in [-0.1, -0.05) is 30.3 Å². The van der Waals surface area contributed by atoms with Crippen LogP contribution in [0.25, 0.3) is 0 Å². The van der Waals surface area contributed by atoms with Gasteiger partial charge in [0.2, 0.25) is 0 Å². The molecule has 2 rings (SSSR count). The van der Waals surface area contributed by atoms with Gasteiger partial charge in [0, 0.05) is 37.8 Å². The van der Waals surface area contributed by atoms with Gasteiger partial charge in [0.05, 0.1) is 4.92 Å². The van der Waals surface area contributed by atoms with E-state index in [1.165, 1.54) is 23.1 Å². The van der Waals surface area contributed by atoms with Crippen molar-refractivity contribution in [1.29, 1.82) is 0 Å². The van der Waals surface area contributed by atoms with Crippen molar-refractivity contribution in [3.05, 3.63) is 75.6 Å². The average Bonchev–Trinajstić information content (AvgIpc) is 2.55. The minimum Gasteiger partial charge on any atom is -0.334 e. The maximum Gasteiger partial charge on any atom is 0.317 e. The smallest absolute Gasteiger partial charge is 0.317 e. The lowest BCUT2D eigenvalue weighted by Gasteiger charge is -2.18. The number of nitrogens with zero attached hydrogens (tertiary/aromatic N) is 2. The van der Waals surface area contributed by atoms with Crippen molar-refractivity contribution in [2.24, 2.45) is 0 Å². The van der Waals surface area contributed by atoms with Gasteiger partial charge in [-0.05, 0) is 11.6 Å². The summed E-state index contributed by atoms with van der Waals surface area (Å²) in [7, 11) is 1.55. The lowest BCUT2D eigenvalue weighted by atomic mass is 10.2. The number of carbonyl (C=O) groups is 1. The molecule has 0 spiro atoms. The van der Waals surface area contributed by atoms with Crippen molar-refractivity contribution in [3.8, 4) is 0 Å². The highest BCUT2D eigenvalue weighted by Gasteiger charge is 2.12. The lowest BCUT2D eigenvalue weighted by Crippen LogP contribution is -2.36. The first kappa shape index (κ1) is 16.4. The summed E-state index contributed by atoms with van der Waals surface area (Å²) >= 11 is 0. The third kappa shape index (κ3) is 4.50. The van der Waals surface area contributed by atoms with Gasteiger partial charge in [-0.25, -0.2) is 9.18 Å². The predicted molar refractivity (Wildman–Crippen MR) is 83.2 cm³/mol. The molecule has 6 nitrogen and oxygen atoms in total. The molecule has 0 saturated heterocycles. The van der Waals surface area contributed by atoms with Crippen molar-refractivity contribution in [2.75, 3.05) is 7.05 Å². The minimum absolute atomic E-state index is 0.0311. The maximum absolute atomic E-state index is 13.6. The largest absolute Gasteiger partial charge is 0.334 e. The molecule has 0 heterocycles. The van der Waals surface area contributed by atoms with Crippen LogP contribution in [0.1, 0.15) is 11.1 Å². The van der Waals surface area contributed by atoms with Crippen LogP contribution in [0, 0.1) is 15.9 Å². The zero-order chi connectivity index (χ0) is 16.8. The van der Waals surface area contributed by atoms with E-state index in [-0.39, 0.29) is 30.6 Å². The molecule has 2 aromatic rings. The Morgan fingerprint density at radius 1 is 1.26 bits per heavy atom. The van der Waals surface area contributed by atoms with Crippen molar-refractivity contribution >= 4 is 11.7 Å². The predicted octanol–water partition coefficient (Wildman–Crippen LogP) is 3.08. The molecule has 0 saturated carbocycles. The van der Waals surface area contributed by atoms with E-state index in [1.807, 2.05) is 0 Å². The summed E-state index contributed by atoms with van der Waals surface area (Å²) in [6.45, 7) is 0.287. The van der Waals surface area contributed by atoms with Crippen molar-refractivity contribution < 1.29 is 14.1 Å². The molecule has 2 aromatic carbocycles. The summed E-state index contributed by atoms with van der Waals surface area (Å²) in [5.74, 6) is -0.370. The minimum atomic E-state index is -0.490. The highest BCUT2D eigenvalue weighted by atomic mass is 19.1. The summed E-state index contributed by atoms with van der Waals surface area (Å²) in [5, 5.41) is 13.4. The highest BCUT2D eigenvalue weighted by molar-refractivity contribution is 5.73. The Labute approximate surface area is 132 Å². The molecule has 0 unspecified atom stereocenters. The summed E-state index contributed by atoms with van der Waals surface area (Å²) < 4.78 is 13.6. The average molecular weight is 317 g/mol. The van der Waals surface area contributed by atoms with Gasteiger partial charge in [-0.2, -0.15) is 0 Å². The fourth-order valence-corrected chi connectivity index (χ4v) is 2.05. The van der Waals surface area contributed by atoms with Crippen LogP contribution in [-0.2, 0) is 13.1 Å². The van der Waals surface area contributed by atoms with Crippen LogP contribution in [0.5, 0.6) is 0 Å². The number of amides is 2. The molecule has 0 aliphatic rings. The third-order valence-electron chi connectivity index (χ3n) is 3.28. The lowest BCUT2D eigenvalue weighted by molar-refractivity contribution is -0.384. The van der Waals surface area contributed by atoms with E-state index in [9.17, 15) is 19.3 Å². The van der Waals surface area contributed by atoms with Gasteiger partial charge in [0.1, 0.15) is 5.82 Å². The van der Waals surface area contributed by atoms with E-state index in [1.54, 1.807) is 37.4 Å². The fourth-order valence-electron chi connectivity index (χ4n) is 2.05. The van der Waals surface area contributed by atoms with Crippen molar-refractivity contribution in [1.82, 2.24) is 10.2 Å². The number of carbonyl (C=O) groups excluding carboxylic acids is 1. The molecule has 0 radical (unpaired) electrons. The van der Waals surface area contributed by atoms with Crippen molar-refractivity contribution in [2.45, 2.75) is 13.1 Å². The molecule has 0 aliphatic carbocycles. The molecular formula is C16H16FN3O3. The van der Waals surface area contributed by atoms with Crippen LogP contribution in [0.2, 0.25) is 0 Å². The number of nitro groups is 1. The Kier molecular flexibility index (Phi) is 5.24. The number of non-ortho nitro benzene ring substituents is 1. The second kappa shape index (κ2) is 7.35. The number of nitrogens with one attached hydrogen (secondary N) is 1. The second-order valence-corrected chi connectivity index (χ2v) is 5.03. The van der Waals surface area contributed by atoms with Crippen LogP contribution in [0.15, 0.2) is 48.5 Å². The third-order valence-corrected chi connectivity index (χ3v) is 3.28. The fraction of sp³-hybridized carbons (Fsp3) is 0.188. The van der Waals surface area contributed by atoms with Crippen LogP contribution < -0.4 is 5.32 Å². The van der Waals surface area contributed by atoms with Gasteiger partial charge in [0.15, 0.2) is 0 Å². The summed E-state index contributed by atoms with van der Waals surface area (Å²) in [5.41, 5.74) is 1.00. The molecule has 0 aromatic heterocycles. The van der Waals surface area contributed by atoms with E-state index in [0.29, 0.717) is 11.1 Å². The molecule has 7 heteroatoms. The zero-order valence-electron chi connectivity index (χ0n) is 12.5. The van der Waals surface area contributed by atoms with E-state index in [0.717, 1.165) is 0 Å². The number of hydrogen-bond donors (Lipinski definition) is 1. The number of nitro benzene ring substituents is 1. The molecule has 0 atom stereocenters. The van der Waals surface area contributed by atoms with Gasteiger partial charge in [0.25, 0.3) is 5.69 Å². The number of urea groups is 1. The molecule has 0 aliphatic heterocycles. The summed E-state index contributed by atoms with van der Waals surface area (Å²) in [4.78, 5) is 23.6. The van der Waals surface area contributed by atoms with E-state index >= 15 is 0 Å². The normalized spacial score (nSPS) is 10.2. The maximum atomic E-state index is 13.6. The number of rotatable bonds is 5. The van der Waals surface area contributed by atoms with Crippen LogP contribution in [-0.4, -0.2) is 22.9 Å². The number of benzene rings is 2. The van der Waals surface area contributed by atoms with Gasteiger partial charge in [-0.15, -0.1) is 0 Å². The van der Waals surface area contributed by atoms with Gasteiger partial charge >= 0.3 is 6.03 Å². The first-order valence-corrected chi connectivity index (χ1v) is 6.93. The van der Waals surface area contributed by atoms with E-state index < -0.39 is 4.92 Å². The molecular weight excluding hydrogens is 301 g/mol. The van der Waals surface area contributed by atoms with Crippen LogP contribution in [0.4, 0.5) is 14.9 Å². The van der Waals surface area contributed by atoms with Crippen molar-refractivity contribution in [3.63, 3.8) is 0 Å². The first-order chi connectivity index (χ1) is 11.0. The summed E-state index contributed by atoms with van der Waals surface area (Å²) in [6.07, 6.45) is 0. The Hall–Kier alpha value is -2.96. The summed E-state index contributed by atoms with van der Waals surface area (Å²) in [6, 6.07) is 11.9. The molecule has 0 fully saturated rings. The van der Waals surface area contributed by atoms with Crippen LogP contribution >= 0.6 is 0 Å². The number of halogens is 1.